The van der Waals surface area contributed by atoms with E-state index in [0.29, 0.717) is 23.4 Å². The minimum Gasteiger partial charge on any atom is -0.497 e. The molecule has 0 aliphatic carbocycles. The highest BCUT2D eigenvalue weighted by atomic mass is 32.2. The second kappa shape index (κ2) is 9.05. The summed E-state index contributed by atoms with van der Waals surface area (Å²) in [5, 5.41) is 2.46. The van der Waals surface area contributed by atoms with Gasteiger partial charge in [0.1, 0.15) is 11.0 Å². The first-order valence-electron chi connectivity index (χ1n) is 9.59. The number of methoxy groups -OCH3 is 1. The van der Waals surface area contributed by atoms with Crippen LogP contribution in [0.3, 0.4) is 0 Å². The molecule has 152 valence electrons. The van der Waals surface area contributed by atoms with Crippen molar-refractivity contribution in [2.24, 2.45) is 0 Å². The summed E-state index contributed by atoms with van der Waals surface area (Å²) in [5.74, 6) is -0.185. The SMILES string of the molecule is COc1cccc(NC(=O)[C@@H](OC(=O)[C@@H]2Cc3ccccc3S2)c2ccccc2)c1. The van der Waals surface area contributed by atoms with Crippen LogP contribution in [0.5, 0.6) is 5.75 Å². The minimum atomic E-state index is -1.05. The van der Waals surface area contributed by atoms with E-state index >= 15 is 0 Å². The lowest BCUT2D eigenvalue weighted by Gasteiger charge is -2.20. The van der Waals surface area contributed by atoms with Gasteiger partial charge < -0.3 is 14.8 Å². The molecule has 0 radical (unpaired) electrons. The Labute approximate surface area is 179 Å². The number of carbonyl (C=O) groups is 2. The zero-order chi connectivity index (χ0) is 20.9. The van der Waals surface area contributed by atoms with Gasteiger partial charge in [0, 0.05) is 22.2 Å². The standard InChI is InChI=1S/C24H21NO4S/c1-28-19-12-7-11-18(15-19)25-23(26)22(16-8-3-2-4-9-16)29-24(27)21-14-17-10-5-6-13-20(17)30-21/h2-13,15,21-22H,14H2,1H3,(H,25,26)/t21-,22-/m0/s1. The normalized spacial score (nSPS) is 15.7. The van der Waals surface area contributed by atoms with Crippen LogP contribution in [0.4, 0.5) is 5.69 Å². The van der Waals surface area contributed by atoms with Crippen molar-refractivity contribution in [1.29, 1.82) is 0 Å². The molecule has 4 rings (SSSR count). The van der Waals surface area contributed by atoms with E-state index in [1.807, 2.05) is 42.5 Å². The lowest BCUT2D eigenvalue weighted by molar-refractivity contribution is -0.154. The van der Waals surface area contributed by atoms with E-state index in [4.69, 9.17) is 9.47 Å². The number of hydrogen-bond donors (Lipinski definition) is 1. The molecule has 6 heteroatoms. The number of ether oxygens (including phenoxy) is 2. The number of esters is 1. The van der Waals surface area contributed by atoms with Crippen LogP contribution >= 0.6 is 11.8 Å². The summed E-state index contributed by atoms with van der Waals surface area (Å²) in [4.78, 5) is 27.0. The number of rotatable bonds is 6. The number of anilines is 1. The van der Waals surface area contributed by atoms with Gasteiger partial charge in [0.05, 0.1) is 7.11 Å². The van der Waals surface area contributed by atoms with E-state index in [2.05, 4.69) is 5.32 Å². The second-order valence-electron chi connectivity index (χ2n) is 6.87. The zero-order valence-electron chi connectivity index (χ0n) is 16.4. The first kappa shape index (κ1) is 20.0. The Kier molecular flexibility index (Phi) is 6.05. The van der Waals surface area contributed by atoms with E-state index in [1.54, 1.807) is 43.5 Å². The van der Waals surface area contributed by atoms with Gasteiger partial charge in [-0.15, -0.1) is 11.8 Å². The maximum absolute atomic E-state index is 13.0. The molecular weight excluding hydrogens is 398 g/mol. The summed E-state index contributed by atoms with van der Waals surface area (Å²) in [6.07, 6.45) is -0.451. The third-order valence-electron chi connectivity index (χ3n) is 4.82. The summed E-state index contributed by atoms with van der Waals surface area (Å²) in [7, 11) is 1.56. The van der Waals surface area contributed by atoms with Crippen LogP contribution in [0.25, 0.3) is 0 Å². The monoisotopic (exact) mass is 419 g/mol. The van der Waals surface area contributed by atoms with Crippen LogP contribution in [-0.2, 0) is 20.7 Å². The van der Waals surface area contributed by atoms with Crippen molar-refractivity contribution in [3.63, 3.8) is 0 Å². The molecule has 0 fully saturated rings. The smallest absolute Gasteiger partial charge is 0.320 e. The predicted molar refractivity (Wildman–Crippen MR) is 117 cm³/mol. The summed E-state index contributed by atoms with van der Waals surface area (Å²) >= 11 is 1.48. The molecule has 0 aromatic heterocycles. The van der Waals surface area contributed by atoms with E-state index in [-0.39, 0.29) is 5.25 Å². The highest BCUT2D eigenvalue weighted by Gasteiger charge is 2.33. The van der Waals surface area contributed by atoms with Crippen LogP contribution in [0.2, 0.25) is 0 Å². The zero-order valence-corrected chi connectivity index (χ0v) is 17.2. The molecule has 1 aliphatic heterocycles. The number of thioether (sulfide) groups is 1. The number of amides is 1. The Morgan fingerprint density at radius 2 is 1.77 bits per heavy atom. The number of benzene rings is 3. The van der Waals surface area contributed by atoms with Gasteiger partial charge in [-0.25, -0.2) is 0 Å². The Hall–Kier alpha value is -3.25. The molecule has 0 saturated carbocycles. The molecule has 1 aliphatic rings. The quantitative estimate of drug-likeness (QED) is 0.590. The summed E-state index contributed by atoms with van der Waals surface area (Å²) < 4.78 is 10.9. The topological polar surface area (TPSA) is 64.6 Å². The van der Waals surface area contributed by atoms with Crippen molar-refractivity contribution in [1.82, 2.24) is 0 Å². The Bertz CT molecular complexity index is 1030. The van der Waals surface area contributed by atoms with E-state index in [1.165, 1.54) is 11.8 Å². The highest BCUT2D eigenvalue weighted by molar-refractivity contribution is 8.01. The van der Waals surface area contributed by atoms with Gasteiger partial charge in [-0.05, 0) is 30.2 Å². The average molecular weight is 420 g/mol. The fourth-order valence-electron chi connectivity index (χ4n) is 3.31. The molecule has 1 amide bonds. The summed E-state index contributed by atoms with van der Waals surface area (Å²) in [6, 6.07) is 24.0. The summed E-state index contributed by atoms with van der Waals surface area (Å²) in [6.45, 7) is 0. The molecule has 0 unspecified atom stereocenters. The molecule has 3 aromatic rings. The molecule has 30 heavy (non-hydrogen) atoms. The van der Waals surface area contributed by atoms with Gasteiger partial charge in [-0.2, -0.15) is 0 Å². The molecule has 1 N–H and O–H groups in total. The molecule has 5 nitrogen and oxygen atoms in total. The van der Waals surface area contributed by atoms with Gasteiger partial charge >= 0.3 is 5.97 Å². The first-order chi connectivity index (χ1) is 14.6. The lowest BCUT2D eigenvalue weighted by atomic mass is 10.1. The van der Waals surface area contributed by atoms with Crippen molar-refractivity contribution < 1.29 is 19.1 Å². The van der Waals surface area contributed by atoms with E-state index in [9.17, 15) is 9.59 Å². The Balaban J connectivity index is 1.52. The molecule has 1 heterocycles. The van der Waals surface area contributed by atoms with Crippen molar-refractivity contribution in [3.05, 3.63) is 90.0 Å². The number of nitrogens with one attached hydrogen (secondary N) is 1. The number of fused-ring (bicyclic) bond motifs is 1. The summed E-state index contributed by atoms with van der Waals surface area (Å²) in [5.41, 5.74) is 2.31. The molecule has 0 spiro atoms. The molecule has 0 saturated heterocycles. The van der Waals surface area contributed by atoms with Crippen molar-refractivity contribution in [2.45, 2.75) is 22.7 Å². The number of carbonyl (C=O) groups excluding carboxylic acids is 2. The fraction of sp³-hybridized carbons (Fsp3) is 0.167. The van der Waals surface area contributed by atoms with Crippen LogP contribution in [0.15, 0.2) is 83.8 Å². The highest BCUT2D eigenvalue weighted by Crippen LogP contribution is 2.38. The predicted octanol–water partition coefficient (Wildman–Crippen LogP) is 4.64. The van der Waals surface area contributed by atoms with Crippen LogP contribution < -0.4 is 10.1 Å². The first-order valence-corrected chi connectivity index (χ1v) is 10.5. The third-order valence-corrected chi connectivity index (χ3v) is 6.12. The third kappa shape index (κ3) is 4.49. The number of hydrogen-bond acceptors (Lipinski definition) is 5. The Morgan fingerprint density at radius 3 is 2.53 bits per heavy atom. The van der Waals surface area contributed by atoms with Gasteiger partial charge in [-0.3, -0.25) is 9.59 Å². The second-order valence-corrected chi connectivity index (χ2v) is 8.11. The van der Waals surface area contributed by atoms with Gasteiger partial charge in [-0.1, -0.05) is 54.6 Å². The van der Waals surface area contributed by atoms with Gasteiger partial charge in [0.25, 0.3) is 5.91 Å². The van der Waals surface area contributed by atoms with Crippen molar-refractivity contribution >= 4 is 29.3 Å². The Morgan fingerprint density at radius 1 is 1.00 bits per heavy atom. The maximum atomic E-state index is 13.0. The minimum absolute atomic E-state index is 0.363. The largest absolute Gasteiger partial charge is 0.497 e. The van der Waals surface area contributed by atoms with E-state index in [0.717, 1.165) is 10.5 Å². The van der Waals surface area contributed by atoms with Gasteiger partial charge in [0.2, 0.25) is 6.10 Å². The molecule has 2 atom stereocenters. The molecular formula is C24H21NO4S. The van der Waals surface area contributed by atoms with Crippen LogP contribution in [0, 0.1) is 0 Å². The lowest BCUT2D eigenvalue weighted by Crippen LogP contribution is -2.29. The molecule has 3 aromatic carbocycles. The van der Waals surface area contributed by atoms with Crippen LogP contribution in [-0.4, -0.2) is 24.2 Å². The van der Waals surface area contributed by atoms with E-state index < -0.39 is 18.0 Å². The molecule has 0 bridgehead atoms. The van der Waals surface area contributed by atoms with Gasteiger partial charge in [0.15, 0.2) is 0 Å². The van der Waals surface area contributed by atoms with Crippen molar-refractivity contribution in [2.75, 3.05) is 12.4 Å². The van der Waals surface area contributed by atoms with Crippen molar-refractivity contribution in [3.8, 4) is 5.75 Å². The fourth-order valence-corrected chi connectivity index (χ4v) is 4.50. The van der Waals surface area contributed by atoms with Crippen LogP contribution in [0.1, 0.15) is 17.2 Å². The maximum Gasteiger partial charge on any atom is 0.320 e. The average Bonchev–Trinajstić information content (AvgIpc) is 3.22.